The molecule has 3 aromatic rings. The third kappa shape index (κ3) is 2.92. The summed E-state index contributed by atoms with van der Waals surface area (Å²) in [7, 11) is 0. The highest BCUT2D eigenvalue weighted by Gasteiger charge is 2.11. The van der Waals surface area contributed by atoms with E-state index in [-0.39, 0.29) is 0 Å². The van der Waals surface area contributed by atoms with Crippen LogP contribution in [0.5, 0.6) is 0 Å². The number of hydrogen-bond donors (Lipinski definition) is 0. The highest BCUT2D eigenvalue weighted by atomic mass is 35.5. The molecule has 0 saturated heterocycles. The monoisotopic (exact) mass is 318 g/mol. The van der Waals surface area contributed by atoms with Crippen LogP contribution in [-0.4, -0.2) is 9.55 Å². The number of aromatic nitrogens is 2. The van der Waals surface area contributed by atoms with Crippen molar-refractivity contribution >= 4 is 34.2 Å². The van der Waals surface area contributed by atoms with Crippen LogP contribution in [0.1, 0.15) is 24.7 Å². The van der Waals surface area contributed by atoms with Crippen LogP contribution >= 0.6 is 23.2 Å². The number of rotatable bonds is 4. The zero-order valence-electron chi connectivity index (χ0n) is 11.8. The van der Waals surface area contributed by atoms with E-state index in [0.29, 0.717) is 11.6 Å². The largest absolute Gasteiger partial charge is 0.323 e. The Hall–Kier alpha value is -1.51. The molecule has 0 aliphatic rings. The molecule has 0 spiro atoms. The van der Waals surface area contributed by atoms with Crippen molar-refractivity contribution in [2.75, 3.05) is 0 Å². The van der Waals surface area contributed by atoms with Crippen molar-refractivity contribution in [1.29, 1.82) is 0 Å². The van der Waals surface area contributed by atoms with Crippen molar-refractivity contribution in [3.8, 4) is 0 Å². The molecule has 3 rings (SSSR count). The Balaban J connectivity index is 2.10. The molecule has 0 saturated carbocycles. The second-order valence-corrected chi connectivity index (χ2v) is 5.93. The number of hydrogen-bond acceptors (Lipinski definition) is 1. The average molecular weight is 319 g/mol. The van der Waals surface area contributed by atoms with Gasteiger partial charge in [0.15, 0.2) is 0 Å². The number of fused-ring (bicyclic) bond motifs is 1. The summed E-state index contributed by atoms with van der Waals surface area (Å²) < 4.78 is 2.23. The molecule has 0 N–H and O–H groups in total. The Morgan fingerprint density at radius 3 is 2.71 bits per heavy atom. The number of nitrogens with zero attached hydrogens (tertiary/aromatic N) is 2. The lowest BCUT2D eigenvalue weighted by atomic mass is 10.2. The number of aryl methyl sites for hydroxylation is 1. The first kappa shape index (κ1) is 14.4. The third-order valence-corrected chi connectivity index (χ3v) is 4.15. The molecule has 0 radical (unpaired) electrons. The van der Waals surface area contributed by atoms with Gasteiger partial charge >= 0.3 is 0 Å². The van der Waals surface area contributed by atoms with Gasteiger partial charge in [0, 0.05) is 16.5 Å². The second kappa shape index (κ2) is 6.08. The smallest absolute Gasteiger partial charge is 0.110 e. The highest BCUT2D eigenvalue weighted by Crippen LogP contribution is 2.25. The van der Waals surface area contributed by atoms with E-state index in [1.54, 1.807) is 0 Å². The minimum Gasteiger partial charge on any atom is -0.323 e. The summed E-state index contributed by atoms with van der Waals surface area (Å²) in [6, 6.07) is 13.8. The molecular formula is C17H16Cl2N2. The molecule has 108 valence electrons. The molecule has 1 heterocycles. The molecule has 0 aliphatic carbocycles. The summed E-state index contributed by atoms with van der Waals surface area (Å²) >= 11 is 12.4. The first-order valence-electron chi connectivity index (χ1n) is 7.07. The van der Waals surface area contributed by atoms with Crippen LogP contribution in [0.4, 0.5) is 0 Å². The molecule has 1 aromatic heterocycles. The fourth-order valence-corrected chi connectivity index (χ4v) is 2.92. The second-order valence-electron chi connectivity index (χ2n) is 5.09. The minimum atomic E-state index is 0.690. The van der Waals surface area contributed by atoms with Gasteiger partial charge in [-0.25, -0.2) is 4.98 Å². The molecule has 0 amide bonds. The number of benzene rings is 2. The summed E-state index contributed by atoms with van der Waals surface area (Å²) in [5.41, 5.74) is 3.18. The summed E-state index contributed by atoms with van der Waals surface area (Å²) in [5.74, 6) is 1.09. The van der Waals surface area contributed by atoms with Gasteiger partial charge in [0.2, 0.25) is 0 Å². The van der Waals surface area contributed by atoms with Crippen molar-refractivity contribution in [1.82, 2.24) is 9.55 Å². The van der Waals surface area contributed by atoms with Crippen LogP contribution in [0.3, 0.4) is 0 Å². The quantitative estimate of drug-likeness (QED) is 0.634. The molecule has 2 aromatic carbocycles. The Kier molecular flexibility index (Phi) is 4.18. The lowest BCUT2D eigenvalue weighted by molar-refractivity contribution is 0.722. The van der Waals surface area contributed by atoms with E-state index < -0.39 is 0 Å². The molecule has 4 heteroatoms. The van der Waals surface area contributed by atoms with Crippen LogP contribution < -0.4 is 0 Å². The number of imidazole rings is 1. The average Bonchev–Trinajstić information content (AvgIpc) is 2.81. The zero-order valence-corrected chi connectivity index (χ0v) is 13.3. The summed E-state index contributed by atoms with van der Waals surface area (Å²) in [6.45, 7) is 2.85. The Morgan fingerprint density at radius 1 is 1.10 bits per heavy atom. The van der Waals surface area contributed by atoms with Gasteiger partial charge in [-0.3, -0.25) is 0 Å². The predicted molar refractivity (Wildman–Crippen MR) is 89.3 cm³/mol. The Labute approximate surface area is 134 Å². The van der Waals surface area contributed by atoms with Crippen molar-refractivity contribution in [3.05, 3.63) is 63.9 Å². The highest BCUT2D eigenvalue weighted by molar-refractivity contribution is 6.33. The molecular weight excluding hydrogens is 303 g/mol. The van der Waals surface area contributed by atoms with Crippen LogP contribution in [0.25, 0.3) is 11.0 Å². The van der Waals surface area contributed by atoms with E-state index in [1.165, 1.54) is 0 Å². The van der Waals surface area contributed by atoms with Gasteiger partial charge in [-0.2, -0.15) is 0 Å². The fraction of sp³-hybridized carbons (Fsp3) is 0.235. The maximum atomic E-state index is 6.30. The lowest BCUT2D eigenvalue weighted by Crippen LogP contribution is -2.05. The summed E-state index contributed by atoms with van der Waals surface area (Å²) in [6.07, 6.45) is 2.01. The van der Waals surface area contributed by atoms with Crippen LogP contribution in [0.2, 0.25) is 10.0 Å². The van der Waals surface area contributed by atoms with Crippen LogP contribution in [0, 0.1) is 0 Å². The molecule has 21 heavy (non-hydrogen) atoms. The first-order valence-corrected chi connectivity index (χ1v) is 7.82. The molecule has 0 fully saturated rings. The predicted octanol–water partition coefficient (Wildman–Crippen LogP) is 5.34. The van der Waals surface area contributed by atoms with Gasteiger partial charge in [-0.05, 0) is 42.3 Å². The van der Waals surface area contributed by atoms with Crippen LogP contribution in [0.15, 0.2) is 42.5 Å². The lowest BCUT2D eigenvalue weighted by Gasteiger charge is -2.11. The van der Waals surface area contributed by atoms with Crippen molar-refractivity contribution < 1.29 is 0 Å². The maximum Gasteiger partial charge on any atom is 0.110 e. The van der Waals surface area contributed by atoms with Gasteiger partial charge in [0.05, 0.1) is 17.6 Å². The normalized spacial score (nSPS) is 11.2. The van der Waals surface area contributed by atoms with Gasteiger partial charge < -0.3 is 4.57 Å². The fourth-order valence-electron chi connectivity index (χ4n) is 2.55. The zero-order chi connectivity index (χ0) is 14.8. The van der Waals surface area contributed by atoms with Crippen LogP contribution in [-0.2, 0) is 13.0 Å². The standard InChI is InChI=1S/C17H16Cl2N2/c1-2-5-17-20-15-6-3-4-7-16(15)21(17)11-12-10-13(18)8-9-14(12)19/h3-4,6-10H,2,5,11H2,1H3. The maximum absolute atomic E-state index is 6.30. The Morgan fingerprint density at radius 2 is 1.90 bits per heavy atom. The van der Waals surface area contributed by atoms with Crippen molar-refractivity contribution in [3.63, 3.8) is 0 Å². The van der Waals surface area contributed by atoms with Gasteiger partial charge in [-0.15, -0.1) is 0 Å². The summed E-state index contributed by atoms with van der Waals surface area (Å²) in [5, 5.41) is 1.44. The van der Waals surface area contributed by atoms with Gasteiger partial charge in [0.1, 0.15) is 5.82 Å². The number of halogens is 2. The van der Waals surface area contributed by atoms with Crippen molar-refractivity contribution in [2.45, 2.75) is 26.3 Å². The van der Waals surface area contributed by atoms with E-state index in [1.807, 2.05) is 36.4 Å². The van der Waals surface area contributed by atoms with E-state index in [0.717, 1.165) is 40.3 Å². The topological polar surface area (TPSA) is 17.8 Å². The Bertz CT molecular complexity index is 778. The number of para-hydroxylation sites is 2. The van der Waals surface area contributed by atoms with E-state index in [4.69, 9.17) is 28.2 Å². The van der Waals surface area contributed by atoms with Crippen molar-refractivity contribution in [2.24, 2.45) is 0 Å². The molecule has 0 unspecified atom stereocenters. The van der Waals surface area contributed by atoms with Gasteiger partial charge in [-0.1, -0.05) is 42.3 Å². The third-order valence-electron chi connectivity index (χ3n) is 3.54. The van der Waals surface area contributed by atoms with E-state index in [2.05, 4.69) is 17.6 Å². The minimum absolute atomic E-state index is 0.690. The molecule has 0 bridgehead atoms. The SMILES string of the molecule is CCCc1nc2ccccc2n1Cc1cc(Cl)ccc1Cl. The van der Waals surface area contributed by atoms with E-state index in [9.17, 15) is 0 Å². The summed E-state index contributed by atoms with van der Waals surface area (Å²) in [4.78, 5) is 4.74. The molecule has 0 atom stereocenters. The first-order chi connectivity index (χ1) is 10.2. The molecule has 0 aliphatic heterocycles. The van der Waals surface area contributed by atoms with E-state index >= 15 is 0 Å². The molecule has 2 nitrogen and oxygen atoms in total. The van der Waals surface area contributed by atoms with Gasteiger partial charge in [0.25, 0.3) is 0 Å².